The molecule has 0 aromatic heterocycles. The summed E-state index contributed by atoms with van der Waals surface area (Å²) in [4.78, 5) is 11.7. The summed E-state index contributed by atoms with van der Waals surface area (Å²) in [6.07, 6.45) is 13.9. The Balaban J connectivity index is 1.60. The summed E-state index contributed by atoms with van der Waals surface area (Å²) in [6.45, 7) is 5.81. The molecule has 3 rings (SSSR count). The van der Waals surface area contributed by atoms with E-state index in [1.165, 1.54) is 74.5 Å². The van der Waals surface area contributed by atoms with Crippen molar-refractivity contribution < 1.29 is 14.6 Å². The first kappa shape index (κ1) is 22.1. The number of benzene rings is 1. The van der Waals surface area contributed by atoms with Crippen LogP contribution in [0.5, 0.6) is 0 Å². The van der Waals surface area contributed by atoms with Crippen molar-refractivity contribution >= 4 is 5.97 Å². The van der Waals surface area contributed by atoms with Gasteiger partial charge in [-0.25, -0.2) is 4.79 Å². The van der Waals surface area contributed by atoms with Gasteiger partial charge in [0.25, 0.3) is 0 Å². The van der Waals surface area contributed by atoms with E-state index in [0.29, 0.717) is 30.9 Å². The second-order valence-electron chi connectivity index (χ2n) is 9.18. The van der Waals surface area contributed by atoms with E-state index < -0.39 is 0 Å². The molecule has 0 aliphatic heterocycles. The van der Waals surface area contributed by atoms with Crippen molar-refractivity contribution in [1.29, 1.82) is 0 Å². The monoisotopic (exact) mass is 398 g/mol. The van der Waals surface area contributed by atoms with Gasteiger partial charge in [0.15, 0.2) is 0 Å². The highest BCUT2D eigenvalue weighted by Crippen LogP contribution is 2.43. The first-order valence-electron chi connectivity index (χ1n) is 11.6. The minimum absolute atomic E-state index is 0.143. The van der Waals surface area contributed by atoms with Crippen LogP contribution < -0.4 is 0 Å². The summed E-state index contributed by atoms with van der Waals surface area (Å²) >= 11 is 0. The minimum atomic E-state index is -0.328. The number of hydrogen-bond acceptors (Lipinski definition) is 3. The molecule has 2 aliphatic rings. The van der Waals surface area contributed by atoms with Gasteiger partial charge in [-0.05, 0) is 73.5 Å². The molecule has 2 aliphatic carbocycles. The van der Waals surface area contributed by atoms with E-state index >= 15 is 0 Å². The van der Waals surface area contributed by atoms with Crippen molar-refractivity contribution in [3.05, 3.63) is 47.0 Å². The molecular weight excluding hydrogens is 360 g/mol. The van der Waals surface area contributed by atoms with Gasteiger partial charge in [-0.1, -0.05) is 56.9 Å². The highest BCUT2D eigenvalue weighted by Gasteiger charge is 2.29. The molecule has 0 spiro atoms. The summed E-state index contributed by atoms with van der Waals surface area (Å²) < 4.78 is 5.31. The quantitative estimate of drug-likeness (QED) is 0.449. The molecule has 1 N–H and O–H groups in total. The third kappa shape index (κ3) is 6.18. The Morgan fingerprint density at radius 1 is 1.00 bits per heavy atom. The molecule has 2 fully saturated rings. The number of aliphatic hydroxyl groups excluding tert-OH is 1. The zero-order valence-electron chi connectivity index (χ0n) is 18.1. The van der Waals surface area contributed by atoms with E-state index in [9.17, 15) is 9.90 Å². The molecule has 0 bridgehead atoms. The predicted molar refractivity (Wildman–Crippen MR) is 118 cm³/mol. The Kier molecular flexibility index (Phi) is 8.35. The average molecular weight is 399 g/mol. The molecule has 29 heavy (non-hydrogen) atoms. The fourth-order valence-electron chi connectivity index (χ4n) is 5.40. The molecule has 0 amide bonds. The maximum atomic E-state index is 11.7. The van der Waals surface area contributed by atoms with Gasteiger partial charge in [-0.15, -0.1) is 0 Å². The van der Waals surface area contributed by atoms with E-state index in [1.54, 1.807) is 6.92 Å². The number of rotatable bonds is 8. The minimum Gasteiger partial charge on any atom is -0.462 e. The zero-order chi connectivity index (χ0) is 20.6. The number of hydrogen-bond donors (Lipinski definition) is 1. The first-order chi connectivity index (χ1) is 14.1. The van der Waals surface area contributed by atoms with Gasteiger partial charge in [0, 0.05) is 18.6 Å². The van der Waals surface area contributed by atoms with Gasteiger partial charge in [0.05, 0.1) is 6.61 Å². The lowest BCUT2D eigenvalue weighted by molar-refractivity contribution is -0.138. The van der Waals surface area contributed by atoms with Crippen LogP contribution in [0.15, 0.2) is 30.4 Å². The van der Waals surface area contributed by atoms with Crippen LogP contribution in [0.1, 0.15) is 87.3 Å². The Labute approximate surface area is 176 Å². The van der Waals surface area contributed by atoms with E-state index in [1.807, 2.05) is 0 Å². The summed E-state index contributed by atoms with van der Waals surface area (Å²) in [5.74, 6) is 2.25. The number of carbonyl (C=O) groups excluding carboxylic acids is 1. The number of carbonyl (C=O) groups is 1. The lowest BCUT2D eigenvalue weighted by Crippen LogP contribution is -2.23. The molecule has 2 saturated carbocycles. The van der Waals surface area contributed by atoms with E-state index in [0.717, 1.165) is 11.8 Å². The normalized spacial score (nSPS) is 23.0. The summed E-state index contributed by atoms with van der Waals surface area (Å²) in [6, 6.07) is 6.75. The van der Waals surface area contributed by atoms with Crippen LogP contribution in [0.2, 0.25) is 0 Å². The lowest BCUT2D eigenvalue weighted by Gasteiger charge is -2.36. The summed E-state index contributed by atoms with van der Waals surface area (Å²) in [5.41, 5.74) is 4.23. The zero-order valence-corrected chi connectivity index (χ0v) is 18.1. The third-order valence-electron chi connectivity index (χ3n) is 7.12. The van der Waals surface area contributed by atoms with Crippen molar-refractivity contribution in [3.63, 3.8) is 0 Å². The molecule has 0 saturated heterocycles. The molecule has 0 unspecified atom stereocenters. The Bertz CT molecular complexity index is 679. The number of ether oxygens (including phenoxy) is 1. The van der Waals surface area contributed by atoms with Crippen molar-refractivity contribution in [2.24, 2.45) is 11.8 Å². The highest BCUT2D eigenvalue weighted by atomic mass is 16.5. The smallest absolute Gasteiger partial charge is 0.333 e. The van der Waals surface area contributed by atoms with Crippen molar-refractivity contribution in [1.82, 2.24) is 0 Å². The van der Waals surface area contributed by atoms with Crippen LogP contribution in [0.25, 0.3) is 0 Å². The maximum absolute atomic E-state index is 11.7. The van der Waals surface area contributed by atoms with Crippen LogP contribution in [-0.4, -0.2) is 24.3 Å². The second kappa shape index (κ2) is 11.0. The summed E-state index contributed by atoms with van der Waals surface area (Å²) in [5, 5.41) is 9.40. The molecular formula is C26H38O3. The molecule has 1 aromatic rings. The fourth-order valence-corrected chi connectivity index (χ4v) is 5.40. The highest BCUT2D eigenvalue weighted by molar-refractivity contribution is 5.86. The van der Waals surface area contributed by atoms with Crippen LogP contribution in [0.3, 0.4) is 0 Å². The molecule has 0 heterocycles. The van der Waals surface area contributed by atoms with Gasteiger partial charge < -0.3 is 9.84 Å². The number of esters is 1. The lowest BCUT2D eigenvalue weighted by atomic mass is 9.70. The predicted octanol–water partition coefficient (Wildman–Crippen LogP) is 5.74. The first-order valence-corrected chi connectivity index (χ1v) is 11.6. The SMILES string of the molecule is C=C(C)C(=O)OCCc1cc(C2CCC(C3CCCCC3)CC2)ccc1CCO. The van der Waals surface area contributed by atoms with Crippen LogP contribution in [-0.2, 0) is 22.4 Å². The van der Waals surface area contributed by atoms with Crippen LogP contribution in [0, 0.1) is 11.8 Å². The van der Waals surface area contributed by atoms with Crippen molar-refractivity contribution in [2.75, 3.05) is 13.2 Å². The van der Waals surface area contributed by atoms with E-state index in [-0.39, 0.29) is 12.6 Å². The van der Waals surface area contributed by atoms with Crippen LogP contribution in [0.4, 0.5) is 0 Å². The average Bonchev–Trinajstić information content (AvgIpc) is 2.75. The van der Waals surface area contributed by atoms with Gasteiger partial charge in [0.1, 0.15) is 0 Å². The molecule has 160 valence electrons. The Morgan fingerprint density at radius 2 is 1.69 bits per heavy atom. The molecule has 0 atom stereocenters. The molecule has 3 heteroatoms. The van der Waals surface area contributed by atoms with Gasteiger partial charge in [0.2, 0.25) is 0 Å². The van der Waals surface area contributed by atoms with E-state index in [2.05, 4.69) is 24.8 Å². The van der Waals surface area contributed by atoms with Crippen molar-refractivity contribution in [2.45, 2.75) is 83.5 Å². The third-order valence-corrected chi connectivity index (χ3v) is 7.12. The van der Waals surface area contributed by atoms with E-state index in [4.69, 9.17) is 4.74 Å². The largest absolute Gasteiger partial charge is 0.462 e. The van der Waals surface area contributed by atoms with Gasteiger partial charge >= 0.3 is 5.97 Å². The van der Waals surface area contributed by atoms with Gasteiger partial charge in [-0.3, -0.25) is 0 Å². The fraction of sp³-hybridized carbons (Fsp3) is 0.654. The number of aliphatic hydroxyl groups is 1. The standard InChI is InChI=1S/C26H38O3/c1-19(2)26(28)29-17-15-25-18-24(13-12-23(25)14-16-27)22-10-8-21(9-11-22)20-6-4-3-5-7-20/h12-13,18,20-22,27H,1,3-11,14-17H2,2H3. The topological polar surface area (TPSA) is 46.5 Å². The van der Waals surface area contributed by atoms with Crippen molar-refractivity contribution in [3.8, 4) is 0 Å². The van der Waals surface area contributed by atoms with Gasteiger partial charge in [-0.2, -0.15) is 0 Å². The molecule has 0 radical (unpaired) electrons. The maximum Gasteiger partial charge on any atom is 0.333 e. The van der Waals surface area contributed by atoms with Crippen LogP contribution >= 0.6 is 0 Å². The second-order valence-corrected chi connectivity index (χ2v) is 9.18. The Morgan fingerprint density at radius 3 is 2.34 bits per heavy atom. The molecule has 1 aromatic carbocycles. The molecule has 3 nitrogen and oxygen atoms in total. The summed E-state index contributed by atoms with van der Waals surface area (Å²) in [7, 11) is 0. The Hall–Kier alpha value is -1.61.